The molecule has 0 fully saturated rings. The Morgan fingerprint density at radius 2 is 2.20 bits per heavy atom. The summed E-state index contributed by atoms with van der Waals surface area (Å²) in [6, 6.07) is 0. The molecular formula is C9H16N2O2S2. The van der Waals surface area contributed by atoms with Gasteiger partial charge in [0.15, 0.2) is 9.84 Å². The molecule has 1 rings (SSSR count). The molecule has 0 aliphatic heterocycles. The Morgan fingerprint density at radius 3 is 2.73 bits per heavy atom. The summed E-state index contributed by atoms with van der Waals surface area (Å²) in [4.78, 5) is 0. The summed E-state index contributed by atoms with van der Waals surface area (Å²) in [6.45, 7) is 4.19. The van der Waals surface area contributed by atoms with Crippen molar-refractivity contribution in [3.05, 3.63) is 11.9 Å². The molecule has 86 valence electrons. The van der Waals surface area contributed by atoms with Gasteiger partial charge in [0.05, 0.1) is 35.1 Å². The second-order valence-electron chi connectivity index (χ2n) is 4.03. The van der Waals surface area contributed by atoms with Gasteiger partial charge in [-0.25, -0.2) is 8.42 Å². The van der Waals surface area contributed by atoms with Crippen LogP contribution in [0.1, 0.15) is 32.4 Å². The molecule has 1 heterocycles. The standard InChI is InChI=1S/C9H16N2O2S2/c1-8(2)4-3-5-15(12,13)7-9-6-10-14-11-9/h6,8H,3-5,7H2,1-2H3. The smallest absolute Gasteiger partial charge is 0.156 e. The molecule has 0 N–H and O–H groups in total. The van der Waals surface area contributed by atoms with E-state index in [1.807, 2.05) is 0 Å². The molecule has 0 atom stereocenters. The molecule has 0 unspecified atom stereocenters. The molecular weight excluding hydrogens is 232 g/mol. The van der Waals surface area contributed by atoms with Crippen LogP contribution in [0.2, 0.25) is 0 Å². The molecule has 1 aromatic rings. The number of rotatable bonds is 6. The van der Waals surface area contributed by atoms with E-state index in [0.29, 0.717) is 11.6 Å². The van der Waals surface area contributed by atoms with Crippen molar-refractivity contribution in [2.75, 3.05) is 5.75 Å². The van der Waals surface area contributed by atoms with Crippen LogP contribution in [-0.4, -0.2) is 22.9 Å². The fourth-order valence-electron chi connectivity index (χ4n) is 1.26. The predicted octanol–water partition coefficient (Wildman–Crippen LogP) is 1.89. The number of hydrogen-bond donors (Lipinski definition) is 0. The van der Waals surface area contributed by atoms with Crippen molar-refractivity contribution in [1.29, 1.82) is 0 Å². The Hall–Kier alpha value is -0.490. The molecule has 0 aliphatic rings. The largest absolute Gasteiger partial charge is 0.228 e. The van der Waals surface area contributed by atoms with Crippen molar-refractivity contribution in [2.45, 2.75) is 32.4 Å². The summed E-state index contributed by atoms with van der Waals surface area (Å²) in [5.74, 6) is 0.839. The van der Waals surface area contributed by atoms with E-state index in [0.717, 1.165) is 24.6 Å². The van der Waals surface area contributed by atoms with Crippen LogP contribution in [0, 0.1) is 5.92 Å². The molecule has 4 nitrogen and oxygen atoms in total. The topological polar surface area (TPSA) is 59.9 Å². The molecule has 0 aliphatic carbocycles. The highest BCUT2D eigenvalue weighted by Gasteiger charge is 2.13. The maximum atomic E-state index is 11.6. The molecule has 0 aromatic carbocycles. The summed E-state index contributed by atoms with van der Waals surface area (Å²) in [6.07, 6.45) is 3.21. The van der Waals surface area contributed by atoms with Crippen LogP contribution in [-0.2, 0) is 15.6 Å². The molecule has 15 heavy (non-hydrogen) atoms. The van der Waals surface area contributed by atoms with Gasteiger partial charge in [-0.2, -0.15) is 8.75 Å². The summed E-state index contributed by atoms with van der Waals surface area (Å²) in [7, 11) is -3.00. The number of nitrogens with zero attached hydrogens (tertiary/aromatic N) is 2. The lowest BCUT2D eigenvalue weighted by atomic mass is 10.1. The van der Waals surface area contributed by atoms with E-state index in [1.165, 1.54) is 6.20 Å². The summed E-state index contributed by atoms with van der Waals surface area (Å²) in [5.41, 5.74) is 0.560. The molecule has 0 saturated carbocycles. The highest BCUT2D eigenvalue weighted by atomic mass is 32.2. The van der Waals surface area contributed by atoms with Crippen LogP contribution in [0.5, 0.6) is 0 Å². The van der Waals surface area contributed by atoms with Crippen molar-refractivity contribution in [3.8, 4) is 0 Å². The van der Waals surface area contributed by atoms with E-state index >= 15 is 0 Å². The van der Waals surface area contributed by atoms with Crippen LogP contribution < -0.4 is 0 Å². The molecule has 0 radical (unpaired) electrons. The highest BCUT2D eigenvalue weighted by molar-refractivity contribution is 7.90. The van der Waals surface area contributed by atoms with Gasteiger partial charge < -0.3 is 0 Å². The lowest BCUT2D eigenvalue weighted by Gasteiger charge is -2.04. The lowest BCUT2D eigenvalue weighted by Crippen LogP contribution is -2.10. The van der Waals surface area contributed by atoms with Crippen LogP contribution in [0.25, 0.3) is 0 Å². The van der Waals surface area contributed by atoms with Crippen LogP contribution >= 0.6 is 11.7 Å². The SMILES string of the molecule is CC(C)CCCS(=O)(=O)Cc1cnsn1. The zero-order chi connectivity index (χ0) is 11.3. The average Bonchev–Trinajstić information content (AvgIpc) is 2.54. The zero-order valence-electron chi connectivity index (χ0n) is 9.01. The Bertz CT molecular complexity index is 371. The van der Waals surface area contributed by atoms with E-state index in [4.69, 9.17) is 0 Å². The second kappa shape index (κ2) is 5.55. The van der Waals surface area contributed by atoms with Gasteiger partial charge in [0.25, 0.3) is 0 Å². The normalized spacial score (nSPS) is 12.2. The Balaban J connectivity index is 2.39. The summed E-state index contributed by atoms with van der Waals surface area (Å²) in [5, 5.41) is 0. The number of hydrogen-bond acceptors (Lipinski definition) is 5. The zero-order valence-corrected chi connectivity index (χ0v) is 10.6. The minimum absolute atomic E-state index is 0.0294. The molecule has 1 aromatic heterocycles. The third-order valence-corrected chi connectivity index (χ3v) is 4.17. The minimum Gasteiger partial charge on any atom is -0.228 e. The average molecular weight is 248 g/mol. The maximum absolute atomic E-state index is 11.6. The third kappa shape index (κ3) is 5.22. The first kappa shape index (κ1) is 12.6. The summed E-state index contributed by atoms with van der Waals surface area (Å²) >= 11 is 1.04. The molecule has 0 saturated heterocycles. The van der Waals surface area contributed by atoms with Gasteiger partial charge >= 0.3 is 0 Å². The molecule has 0 bridgehead atoms. The van der Waals surface area contributed by atoms with Gasteiger partial charge in [0, 0.05) is 0 Å². The monoisotopic (exact) mass is 248 g/mol. The van der Waals surface area contributed by atoms with E-state index in [1.54, 1.807) is 0 Å². The van der Waals surface area contributed by atoms with Crippen molar-refractivity contribution < 1.29 is 8.42 Å². The maximum Gasteiger partial charge on any atom is 0.156 e. The van der Waals surface area contributed by atoms with Gasteiger partial charge in [-0.3, -0.25) is 0 Å². The predicted molar refractivity (Wildman–Crippen MR) is 61.5 cm³/mol. The van der Waals surface area contributed by atoms with Crippen molar-refractivity contribution >= 4 is 21.6 Å². The van der Waals surface area contributed by atoms with Gasteiger partial charge in [0.2, 0.25) is 0 Å². The van der Waals surface area contributed by atoms with Gasteiger partial charge in [0.1, 0.15) is 0 Å². The summed E-state index contributed by atoms with van der Waals surface area (Å²) < 4.78 is 30.9. The van der Waals surface area contributed by atoms with E-state index < -0.39 is 9.84 Å². The Labute approximate surface area is 95.0 Å². The van der Waals surface area contributed by atoms with Crippen molar-refractivity contribution in [1.82, 2.24) is 8.75 Å². The number of sulfone groups is 1. The second-order valence-corrected chi connectivity index (χ2v) is 6.77. The fraction of sp³-hybridized carbons (Fsp3) is 0.778. The molecule has 6 heteroatoms. The number of aromatic nitrogens is 2. The molecule has 0 amide bonds. The first-order chi connectivity index (χ1) is 6.99. The van der Waals surface area contributed by atoms with Crippen LogP contribution in [0.15, 0.2) is 6.20 Å². The van der Waals surface area contributed by atoms with Crippen LogP contribution in [0.4, 0.5) is 0 Å². The van der Waals surface area contributed by atoms with E-state index in [-0.39, 0.29) is 11.5 Å². The minimum atomic E-state index is -3.00. The fourth-order valence-corrected chi connectivity index (χ4v) is 3.11. The molecule has 0 spiro atoms. The van der Waals surface area contributed by atoms with Crippen molar-refractivity contribution in [2.24, 2.45) is 5.92 Å². The van der Waals surface area contributed by atoms with Gasteiger partial charge in [-0.15, -0.1) is 0 Å². The Morgan fingerprint density at radius 1 is 1.47 bits per heavy atom. The van der Waals surface area contributed by atoms with E-state index in [2.05, 4.69) is 22.6 Å². The Kier molecular flexibility index (Phi) is 4.66. The van der Waals surface area contributed by atoms with Gasteiger partial charge in [-0.05, 0) is 12.3 Å². The first-order valence-corrected chi connectivity index (χ1v) is 7.51. The van der Waals surface area contributed by atoms with Crippen molar-refractivity contribution in [3.63, 3.8) is 0 Å². The quantitative estimate of drug-likeness (QED) is 0.771. The van der Waals surface area contributed by atoms with Crippen LogP contribution in [0.3, 0.4) is 0 Å². The van der Waals surface area contributed by atoms with Gasteiger partial charge in [-0.1, -0.05) is 20.3 Å². The third-order valence-electron chi connectivity index (χ3n) is 2.01. The lowest BCUT2D eigenvalue weighted by molar-refractivity contribution is 0.559. The van der Waals surface area contributed by atoms with E-state index in [9.17, 15) is 8.42 Å². The first-order valence-electron chi connectivity index (χ1n) is 4.96. The highest BCUT2D eigenvalue weighted by Crippen LogP contribution is 2.09.